The number of hydrogen-bond donors (Lipinski definition) is 1. The van der Waals surface area contributed by atoms with Gasteiger partial charge in [0.25, 0.3) is 11.7 Å². The maximum Gasteiger partial charge on any atom is 0.288 e. The second-order valence-corrected chi connectivity index (χ2v) is 6.34. The third-order valence-corrected chi connectivity index (χ3v) is 4.13. The van der Waals surface area contributed by atoms with E-state index >= 15 is 0 Å². The Kier molecular flexibility index (Phi) is 5.61. The van der Waals surface area contributed by atoms with Crippen molar-refractivity contribution in [2.45, 2.75) is 10.7 Å². The quantitative estimate of drug-likeness (QED) is 0.679. The minimum atomic E-state index is -2.46. The predicted octanol–water partition coefficient (Wildman–Crippen LogP) is 5.67. The Bertz CT molecular complexity index is 652. The van der Waals surface area contributed by atoms with Crippen LogP contribution in [0, 0.1) is 0 Å². The second-order valence-electron chi connectivity index (χ2n) is 3.98. The predicted molar refractivity (Wildman–Crippen MR) is 85.4 cm³/mol. The third kappa shape index (κ3) is 4.69. The lowest BCUT2D eigenvalue weighted by atomic mass is 10.2. The van der Waals surface area contributed by atoms with E-state index in [9.17, 15) is 13.6 Å². The molecule has 2 aromatic carbocycles. The maximum atomic E-state index is 12.2. The molecule has 1 amide bonds. The molecule has 0 aliphatic rings. The summed E-state index contributed by atoms with van der Waals surface area (Å²) in [6.07, 6.45) is 0. The van der Waals surface area contributed by atoms with Crippen LogP contribution in [0.2, 0.25) is 5.02 Å². The van der Waals surface area contributed by atoms with Crippen LogP contribution >= 0.6 is 39.3 Å². The van der Waals surface area contributed by atoms with Crippen molar-refractivity contribution in [2.75, 3.05) is 5.32 Å². The average molecular weight is 393 g/mol. The molecule has 2 rings (SSSR count). The summed E-state index contributed by atoms with van der Waals surface area (Å²) in [5.74, 6) is -2.77. The number of thioether (sulfide) groups is 1. The van der Waals surface area contributed by atoms with Gasteiger partial charge in [-0.1, -0.05) is 23.4 Å². The number of halogens is 4. The summed E-state index contributed by atoms with van der Waals surface area (Å²) in [6.45, 7) is 0. The van der Waals surface area contributed by atoms with Crippen LogP contribution in [0.15, 0.2) is 51.8 Å². The molecule has 0 fully saturated rings. The van der Waals surface area contributed by atoms with Crippen LogP contribution in [0.4, 0.5) is 14.5 Å². The molecule has 0 spiro atoms. The standard InChI is InChI=1S/C14H9BrClF2NOS/c15-12-7-8(16)1-6-11(12)13(20)19-9-2-4-10(5-3-9)21-14(17)18/h1-7,14H,(H,19,20). The van der Waals surface area contributed by atoms with Gasteiger partial charge in [0, 0.05) is 20.1 Å². The van der Waals surface area contributed by atoms with E-state index in [1.807, 2.05) is 0 Å². The summed E-state index contributed by atoms with van der Waals surface area (Å²) in [6, 6.07) is 11.1. The minimum absolute atomic E-state index is 0.312. The number of nitrogens with one attached hydrogen (secondary N) is 1. The highest BCUT2D eigenvalue weighted by atomic mass is 79.9. The largest absolute Gasteiger partial charge is 0.322 e. The highest BCUT2D eigenvalue weighted by Gasteiger charge is 2.11. The molecule has 2 aromatic rings. The SMILES string of the molecule is O=C(Nc1ccc(SC(F)F)cc1)c1ccc(Cl)cc1Br. The van der Waals surface area contributed by atoms with Gasteiger partial charge in [0.15, 0.2) is 0 Å². The molecule has 0 heterocycles. The minimum Gasteiger partial charge on any atom is -0.322 e. The van der Waals surface area contributed by atoms with Crippen molar-refractivity contribution in [1.82, 2.24) is 0 Å². The van der Waals surface area contributed by atoms with Gasteiger partial charge in [-0.15, -0.1) is 0 Å². The topological polar surface area (TPSA) is 29.1 Å². The van der Waals surface area contributed by atoms with E-state index in [1.54, 1.807) is 30.3 Å². The average Bonchev–Trinajstić information content (AvgIpc) is 2.40. The van der Waals surface area contributed by atoms with Gasteiger partial charge >= 0.3 is 0 Å². The van der Waals surface area contributed by atoms with Crippen molar-refractivity contribution in [3.63, 3.8) is 0 Å². The summed E-state index contributed by atoms with van der Waals surface area (Å²) < 4.78 is 25.0. The molecule has 0 aromatic heterocycles. The molecule has 0 aliphatic carbocycles. The molecule has 7 heteroatoms. The number of amides is 1. The first-order chi connectivity index (χ1) is 9.95. The fourth-order valence-corrected chi connectivity index (χ4v) is 2.95. The van der Waals surface area contributed by atoms with E-state index < -0.39 is 5.76 Å². The van der Waals surface area contributed by atoms with E-state index in [2.05, 4.69) is 21.2 Å². The molecule has 0 saturated carbocycles. The Morgan fingerprint density at radius 3 is 2.43 bits per heavy atom. The second kappa shape index (κ2) is 7.24. The maximum absolute atomic E-state index is 12.2. The number of rotatable bonds is 4. The van der Waals surface area contributed by atoms with Crippen molar-refractivity contribution in [3.05, 3.63) is 57.5 Å². The smallest absolute Gasteiger partial charge is 0.288 e. The van der Waals surface area contributed by atoms with Crippen molar-refractivity contribution in [2.24, 2.45) is 0 Å². The number of hydrogen-bond acceptors (Lipinski definition) is 2. The van der Waals surface area contributed by atoms with Gasteiger partial charge in [-0.25, -0.2) is 0 Å². The van der Waals surface area contributed by atoms with Gasteiger partial charge in [-0.05, 0) is 58.4 Å². The lowest BCUT2D eigenvalue weighted by Gasteiger charge is -2.08. The van der Waals surface area contributed by atoms with Gasteiger partial charge in [0.1, 0.15) is 0 Å². The molecule has 0 aliphatic heterocycles. The Hall–Kier alpha value is -1.11. The number of carbonyl (C=O) groups is 1. The zero-order valence-corrected chi connectivity index (χ0v) is 13.6. The monoisotopic (exact) mass is 391 g/mol. The first-order valence-electron chi connectivity index (χ1n) is 5.77. The highest BCUT2D eigenvalue weighted by Crippen LogP contribution is 2.27. The van der Waals surface area contributed by atoms with Crippen LogP contribution in [-0.4, -0.2) is 11.7 Å². The molecule has 2 nitrogen and oxygen atoms in total. The summed E-state index contributed by atoms with van der Waals surface area (Å²) >= 11 is 9.54. The Morgan fingerprint density at radius 2 is 1.86 bits per heavy atom. The van der Waals surface area contributed by atoms with Crippen LogP contribution in [0.5, 0.6) is 0 Å². The molecule has 0 radical (unpaired) electrons. The lowest BCUT2D eigenvalue weighted by molar-refractivity contribution is 0.102. The van der Waals surface area contributed by atoms with E-state index in [1.165, 1.54) is 12.1 Å². The fraction of sp³-hybridized carbons (Fsp3) is 0.0714. The zero-order chi connectivity index (χ0) is 15.4. The van der Waals surface area contributed by atoms with Crippen LogP contribution in [0.1, 0.15) is 10.4 Å². The van der Waals surface area contributed by atoms with E-state index in [0.717, 1.165) is 0 Å². The molecule has 0 saturated heterocycles. The van der Waals surface area contributed by atoms with Gasteiger partial charge in [-0.2, -0.15) is 8.78 Å². The highest BCUT2D eigenvalue weighted by molar-refractivity contribution is 9.10. The lowest BCUT2D eigenvalue weighted by Crippen LogP contribution is -2.12. The van der Waals surface area contributed by atoms with Gasteiger partial charge in [0.2, 0.25) is 0 Å². The molecule has 1 N–H and O–H groups in total. The summed E-state index contributed by atoms with van der Waals surface area (Å²) in [4.78, 5) is 12.5. The van der Waals surface area contributed by atoms with Crippen molar-refractivity contribution >= 4 is 50.9 Å². The molecule has 0 atom stereocenters. The number of carbonyl (C=O) groups excluding carboxylic acids is 1. The molecule has 0 unspecified atom stereocenters. The summed E-state index contributed by atoms with van der Waals surface area (Å²) in [7, 11) is 0. The Labute approximate surface area is 138 Å². The Morgan fingerprint density at radius 1 is 1.19 bits per heavy atom. The first kappa shape index (κ1) is 16.3. The molecule has 0 bridgehead atoms. The van der Waals surface area contributed by atoms with Crippen molar-refractivity contribution in [1.29, 1.82) is 0 Å². The van der Waals surface area contributed by atoms with Gasteiger partial charge in [0.05, 0.1) is 5.56 Å². The fourth-order valence-electron chi connectivity index (χ4n) is 1.59. The normalized spacial score (nSPS) is 10.7. The molecule has 21 heavy (non-hydrogen) atoms. The van der Waals surface area contributed by atoms with E-state index in [-0.39, 0.29) is 5.91 Å². The van der Waals surface area contributed by atoms with Crippen LogP contribution < -0.4 is 5.32 Å². The number of alkyl halides is 2. The number of benzene rings is 2. The summed E-state index contributed by atoms with van der Waals surface area (Å²) in [5.41, 5.74) is 0.964. The molecule has 110 valence electrons. The van der Waals surface area contributed by atoms with Crippen LogP contribution in [0.25, 0.3) is 0 Å². The van der Waals surface area contributed by atoms with Crippen LogP contribution in [0.3, 0.4) is 0 Å². The van der Waals surface area contributed by atoms with E-state index in [0.29, 0.717) is 37.4 Å². The summed E-state index contributed by atoms with van der Waals surface area (Å²) in [5, 5.41) is 3.21. The third-order valence-electron chi connectivity index (χ3n) is 2.51. The van der Waals surface area contributed by atoms with Crippen LogP contribution in [-0.2, 0) is 0 Å². The zero-order valence-electron chi connectivity index (χ0n) is 10.4. The van der Waals surface area contributed by atoms with Crippen molar-refractivity contribution in [3.8, 4) is 0 Å². The van der Waals surface area contributed by atoms with Gasteiger partial charge in [-0.3, -0.25) is 4.79 Å². The molecular formula is C14H9BrClF2NOS. The van der Waals surface area contributed by atoms with Gasteiger partial charge < -0.3 is 5.32 Å². The van der Waals surface area contributed by atoms with Crippen molar-refractivity contribution < 1.29 is 13.6 Å². The molecular weight excluding hydrogens is 384 g/mol. The Balaban J connectivity index is 2.08. The first-order valence-corrected chi connectivity index (χ1v) is 7.82. The van der Waals surface area contributed by atoms with E-state index in [4.69, 9.17) is 11.6 Å². The number of anilines is 1.